The monoisotopic (exact) mass is 363 g/mol. The highest BCUT2D eigenvalue weighted by Crippen LogP contribution is 2.27. The van der Waals surface area contributed by atoms with E-state index in [1.165, 1.54) is 14.2 Å². The van der Waals surface area contributed by atoms with Crippen molar-refractivity contribution < 1.29 is 19.7 Å². The van der Waals surface area contributed by atoms with Crippen LogP contribution in [0.5, 0.6) is 17.4 Å². The van der Waals surface area contributed by atoms with Gasteiger partial charge in [0.2, 0.25) is 5.88 Å². The molecule has 0 spiro atoms. The van der Waals surface area contributed by atoms with Gasteiger partial charge in [-0.05, 0) is 24.1 Å². The Hall–Kier alpha value is -3.07. The number of aromatic nitrogens is 2. The van der Waals surface area contributed by atoms with Gasteiger partial charge in [0.15, 0.2) is 11.5 Å². The van der Waals surface area contributed by atoms with Crippen molar-refractivity contribution in [2.45, 2.75) is 13.0 Å². The zero-order valence-corrected chi connectivity index (χ0v) is 14.6. The van der Waals surface area contributed by atoms with Crippen LogP contribution >= 0.6 is 0 Å². The van der Waals surface area contributed by atoms with Gasteiger partial charge in [-0.15, -0.1) is 0 Å². The van der Waals surface area contributed by atoms with Gasteiger partial charge < -0.3 is 19.7 Å². The van der Waals surface area contributed by atoms with E-state index < -0.39 is 17.1 Å². The first-order valence-corrected chi connectivity index (χ1v) is 7.89. The first kappa shape index (κ1) is 19.3. The molecule has 3 N–H and O–H groups in total. The summed E-state index contributed by atoms with van der Waals surface area (Å²) in [6, 6.07) is 5.34. The molecule has 9 nitrogen and oxygen atoms in total. The van der Waals surface area contributed by atoms with Crippen molar-refractivity contribution in [3.05, 3.63) is 50.2 Å². The quantitative estimate of drug-likeness (QED) is 0.563. The summed E-state index contributed by atoms with van der Waals surface area (Å²) >= 11 is 0. The number of aromatic hydroxyl groups is 1. The van der Waals surface area contributed by atoms with Gasteiger partial charge in [0.1, 0.15) is 5.56 Å². The summed E-state index contributed by atoms with van der Waals surface area (Å²) in [7, 11) is 3.06. The fourth-order valence-electron chi connectivity index (χ4n) is 2.39. The van der Waals surface area contributed by atoms with Crippen LogP contribution in [-0.4, -0.2) is 53.3 Å². The number of hydrogen-bond donors (Lipinski definition) is 3. The molecule has 0 aliphatic carbocycles. The summed E-state index contributed by atoms with van der Waals surface area (Å²) in [6.07, 6.45) is 1.55. The van der Waals surface area contributed by atoms with Crippen LogP contribution in [0, 0.1) is 0 Å². The fourth-order valence-corrected chi connectivity index (χ4v) is 2.39. The lowest BCUT2D eigenvalue weighted by molar-refractivity contribution is 0.307. The number of aliphatic imine (C=N–C) groups is 1. The molecular formula is C17H21N3O6. The van der Waals surface area contributed by atoms with Gasteiger partial charge in [-0.2, -0.15) is 0 Å². The minimum absolute atomic E-state index is 0.0870. The minimum Gasteiger partial charge on any atom is -0.494 e. The number of H-pyrrole nitrogens is 1. The van der Waals surface area contributed by atoms with Crippen LogP contribution in [0.1, 0.15) is 11.1 Å². The van der Waals surface area contributed by atoms with Crippen LogP contribution in [0.15, 0.2) is 32.8 Å². The SMILES string of the molecule is COc1ccc(CCn2c(O)c(C=NCCO)c(=O)[nH]c2=O)cc1OC. The Balaban J connectivity index is 2.28. The summed E-state index contributed by atoms with van der Waals surface area (Å²) in [5, 5.41) is 19.0. The number of nitrogens with zero attached hydrogens (tertiary/aromatic N) is 2. The number of aliphatic hydroxyl groups excluding tert-OH is 1. The van der Waals surface area contributed by atoms with E-state index in [1.54, 1.807) is 12.1 Å². The Kier molecular flexibility index (Phi) is 6.56. The maximum atomic E-state index is 12.0. The van der Waals surface area contributed by atoms with Crippen molar-refractivity contribution in [2.75, 3.05) is 27.4 Å². The van der Waals surface area contributed by atoms with Gasteiger partial charge in [0.05, 0.1) is 27.4 Å². The second-order valence-corrected chi connectivity index (χ2v) is 5.35. The van der Waals surface area contributed by atoms with E-state index in [4.69, 9.17) is 14.6 Å². The summed E-state index contributed by atoms with van der Waals surface area (Å²) in [5.41, 5.74) is -0.732. The molecule has 140 valence electrons. The molecule has 0 saturated heterocycles. The van der Waals surface area contributed by atoms with Crippen molar-refractivity contribution in [1.29, 1.82) is 0 Å². The summed E-state index contributed by atoms with van der Waals surface area (Å²) in [4.78, 5) is 29.8. The Morgan fingerprint density at radius 2 is 1.96 bits per heavy atom. The smallest absolute Gasteiger partial charge is 0.331 e. The number of benzene rings is 1. The highest BCUT2D eigenvalue weighted by molar-refractivity contribution is 5.81. The highest BCUT2D eigenvalue weighted by Gasteiger charge is 2.13. The summed E-state index contributed by atoms with van der Waals surface area (Å²) in [6.45, 7) is 0.0372. The van der Waals surface area contributed by atoms with Crippen molar-refractivity contribution in [3.8, 4) is 17.4 Å². The number of aryl methyl sites for hydroxylation is 1. The van der Waals surface area contributed by atoms with Crippen LogP contribution < -0.4 is 20.7 Å². The normalized spacial score (nSPS) is 11.0. The molecule has 2 rings (SSSR count). The zero-order valence-electron chi connectivity index (χ0n) is 14.6. The lowest BCUT2D eigenvalue weighted by Crippen LogP contribution is -2.32. The molecule has 2 aromatic rings. The van der Waals surface area contributed by atoms with E-state index in [-0.39, 0.29) is 25.3 Å². The Morgan fingerprint density at radius 1 is 1.23 bits per heavy atom. The molecule has 0 unspecified atom stereocenters. The second kappa shape index (κ2) is 8.86. The van der Waals surface area contributed by atoms with E-state index in [9.17, 15) is 14.7 Å². The largest absolute Gasteiger partial charge is 0.494 e. The Labute approximate surface area is 149 Å². The zero-order chi connectivity index (χ0) is 19.1. The third kappa shape index (κ3) is 4.31. The van der Waals surface area contributed by atoms with Gasteiger partial charge in [-0.25, -0.2) is 4.79 Å². The van der Waals surface area contributed by atoms with Crippen LogP contribution in [0.4, 0.5) is 0 Å². The molecule has 0 atom stereocenters. The molecule has 0 radical (unpaired) electrons. The number of nitrogens with one attached hydrogen (secondary N) is 1. The van der Waals surface area contributed by atoms with E-state index >= 15 is 0 Å². The molecule has 1 heterocycles. The molecule has 0 bridgehead atoms. The third-order valence-corrected chi connectivity index (χ3v) is 3.73. The number of ether oxygens (including phenoxy) is 2. The molecule has 0 aliphatic rings. The van der Waals surface area contributed by atoms with Crippen molar-refractivity contribution in [3.63, 3.8) is 0 Å². The lowest BCUT2D eigenvalue weighted by Gasteiger charge is -2.12. The maximum absolute atomic E-state index is 12.0. The van der Waals surface area contributed by atoms with Crippen molar-refractivity contribution in [2.24, 2.45) is 4.99 Å². The van der Waals surface area contributed by atoms with Crippen LogP contribution in [0.2, 0.25) is 0 Å². The van der Waals surface area contributed by atoms with Gasteiger partial charge in [-0.3, -0.25) is 19.3 Å². The van der Waals surface area contributed by atoms with Crippen LogP contribution in [-0.2, 0) is 13.0 Å². The lowest BCUT2D eigenvalue weighted by atomic mass is 10.1. The Bertz CT molecular complexity index is 900. The van der Waals surface area contributed by atoms with E-state index in [0.29, 0.717) is 17.9 Å². The fraction of sp³-hybridized carbons (Fsp3) is 0.353. The van der Waals surface area contributed by atoms with Gasteiger partial charge in [-0.1, -0.05) is 6.07 Å². The first-order valence-electron chi connectivity index (χ1n) is 7.89. The van der Waals surface area contributed by atoms with Crippen LogP contribution in [0.25, 0.3) is 0 Å². The predicted molar refractivity (Wildman–Crippen MR) is 95.8 cm³/mol. The van der Waals surface area contributed by atoms with Gasteiger partial charge in [0.25, 0.3) is 5.56 Å². The standard InChI is InChI=1S/C17H21N3O6/c1-25-13-4-3-11(9-14(13)26-2)5-7-20-16(23)12(10-18-6-8-21)15(22)19-17(20)24/h3-4,9-10,21,23H,5-8H2,1-2H3,(H,19,22,24). The summed E-state index contributed by atoms with van der Waals surface area (Å²) < 4.78 is 11.5. The number of aromatic amines is 1. The topological polar surface area (TPSA) is 126 Å². The Morgan fingerprint density at radius 3 is 2.62 bits per heavy atom. The third-order valence-electron chi connectivity index (χ3n) is 3.73. The number of rotatable bonds is 8. The van der Waals surface area contributed by atoms with Gasteiger partial charge >= 0.3 is 5.69 Å². The second-order valence-electron chi connectivity index (χ2n) is 5.35. The highest BCUT2D eigenvalue weighted by atomic mass is 16.5. The maximum Gasteiger partial charge on any atom is 0.331 e. The minimum atomic E-state index is -0.739. The first-order chi connectivity index (χ1) is 12.5. The molecule has 9 heteroatoms. The predicted octanol–water partition coefficient (Wildman–Crippen LogP) is -0.0867. The molecule has 1 aromatic heterocycles. The van der Waals surface area contributed by atoms with Crippen LogP contribution in [0.3, 0.4) is 0 Å². The summed E-state index contributed by atoms with van der Waals surface area (Å²) in [5.74, 6) is 0.670. The van der Waals surface area contributed by atoms with E-state index in [1.807, 2.05) is 6.07 Å². The average Bonchev–Trinajstić information content (AvgIpc) is 2.63. The number of methoxy groups -OCH3 is 2. The molecule has 0 aliphatic heterocycles. The van der Waals surface area contributed by atoms with Crippen molar-refractivity contribution >= 4 is 6.21 Å². The molecular weight excluding hydrogens is 342 g/mol. The average molecular weight is 363 g/mol. The van der Waals surface area contributed by atoms with E-state index in [2.05, 4.69) is 9.98 Å². The van der Waals surface area contributed by atoms with Gasteiger partial charge in [0, 0.05) is 12.8 Å². The molecule has 26 heavy (non-hydrogen) atoms. The molecule has 0 amide bonds. The number of aliphatic hydroxyl groups is 1. The molecule has 1 aromatic carbocycles. The van der Waals surface area contributed by atoms with Crippen molar-refractivity contribution in [1.82, 2.24) is 9.55 Å². The number of hydrogen-bond acceptors (Lipinski definition) is 7. The van der Waals surface area contributed by atoms with E-state index in [0.717, 1.165) is 16.3 Å². The molecule has 0 fully saturated rings. The molecule has 0 saturated carbocycles.